The largest absolute Gasteiger partial charge is 0.329 e. The highest BCUT2D eigenvalue weighted by Gasteiger charge is 2.23. The van der Waals surface area contributed by atoms with Gasteiger partial charge in [-0.2, -0.15) is 0 Å². The lowest BCUT2D eigenvalue weighted by Crippen LogP contribution is -2.37. The summed E-state index contributed by atoms with van der Waals surface area (Å²) in [6, 6.07) is 17.9. The van der Waals surface area contributed by atoms with Crippen molar-refractivity contribution in [3.63, 3.8) is 0 Å². The molecule has 3 rings (SSSR count). The summed E-state index contributed by atoms with van der Waals surface area (Å²) >= 11 is 0. The van der Waals surface area contributed by atoms with Gasteiger partial charge in [-0.15, -0.1) is 0 Å². The van der Waals surface area contributed by atoms with Crippen LogP contribution >= 0.6 is 0 Å². The molecule has 2 aromatic carbocycles. The zero-order valence-electron chi connectivity index (χ0n) is 12.0. The molecule has 2 nitrogen and oxygen atoms in total. The molecule has 0 aliphatic carbocycles. The molecule has 1 aliphatic heterocycles. The van der Waals surface area contributed by atoms with Gasteiger partial charge in [-0.3, -0.25) is 4.90 Å². The molecule has 0 saturated heterocycles. The number of aryl methyl sites for hydroxylation is 1. The van der Waals surface area contributed by atoms with Crippen LogP contribution in [0.3, 0.4) is 0 Å². The molecule has 0 amide bonds. The number of hydrogen-bond donors (Lipinski definition) is 1. The number of nitrogens with two attached hydrogens (primary N) is 1. The first-order chi connectivity index (χ1) is 9.78. The normalized spacial score (nSPS) is 16.7. The lowest BCUT2D eigenvalue weighted by atomic mass is 9.96. The molecule has 2 aromatic rings. The van der Waals surface area contributed by atoms with Gasteiger partial charge in [-0.05, 0) is 30.0 Å². The Hall–Kier alpha value is -1.64. The smallest absolute Gasteiger partial charge is 0.0474 e. The van der Waals surface area contributed by atoms with Crippen molar-refractivity contribution in [2.24, 2.45) is 5.73 Å². The summed E-state index contributed by atoms with van der Waals surface area (Å²) in [5, 5.41) is 0. The molecular formula is C18H22N2. The van der Waals surface area contributed by atoms with Crippen LogP contribution in [0.1, 0.15) is 28.3 Å². The Kier molecular flexibility index (Phi) is 3.86. The Labute approximate surface area is 121 Å². The monoisotopic (exact) mass is 266 g/mol. The fraction of sp³-hybridized carbons (Fsp3) is 0.333. The molecule has 2 N–H and O–H groups in total. The van der Waals surface area contributed by atoms with Gasteiger partial charge in [-0.25, -0.2) is 0 Å². The molecule has 1 unspecified atom stereocenters. The van der Waals surface area contributed by atoms with Crippen molar-refractivity contribution in [2.75, 3.05) is 13.1 Å². The van der Waals surface area contributed by atoms with E-state index in [1.165, 1.54) is 22.3 Å². The Bertz CT molecular complexity index is 574. The molecule has 0 fully saturated rings. The zero-order valence-corrected chi connectivity index (χ0v) is 12.0. The van der Waals surface area contributed by atoms with Crippen LogP contribution in [-0.4, -0.2) is 18.0 Å². The SMILES string of the molecule is Cc1ccc(C(CN)N2CCc3ccccc3C2)cc1. The highest BCUT2D eigenvalue weighted by molar-refractivity contribution is 5.30. The Morgan fingerprint density at radius 2 is 1.75 bits per heavy atom. The van der Waals surface area contributed by atoms with Gasteiger partial charge >= 0.3 is 0 Å². The van der Waals surface area contributed by atoms with E-state index in [2.05, 4.69) is 60.4 Å². The molecule has 0 aromatic heterocycles. The number of nitrogens with zero attached hydrogens (tertiary/aromatic N) is 1. The van der Waals surface area contributed by atoms with Gasteiger partial charge in [0.2, 0.25) is 0 Å². The Balaban J connectivity index is 1.83. The minimum Gasteiger partial charge on any atom is -0.329 e. The summed E-state index contributed by atoms with van der Waals surface area (Å²) in [6.45, 7) is 4.89. The van der Waals surface area contributed by atoms with Crippen molar-refractivity contribution >= 4 is 0 Å². The van der Waals surface area contributed by atoms with Crippen LogP contribution in [0, 0.1) is 6.92 Å². The van der Waals surface area contributed by atoms with Gasteiger partial charge in [0.25, 0.3) is 0 Å². The van der Waals surface area contributed by atoms with Crippen molar-refractivity contribution in [3.8, 4) is 0 Å². The van der Waals surface area contributed by atoms with Crippen molar-refractivity contribution in [1.29, 1.82) is 0 Å². The zero-order chi connectivity index (χ0) is 13.9. The van der Waals surface area contributed by atoms with Crippen molar-refractivity contribution in [2.45, 2.75) is 25.9 Å². The number of rotatable bonds is 3. The predicted octanol–water partition coefficient (Wildman–Crippen LogP) is 3.05. The van der Waals surface area contributed by atoms with Gasteiger partial charge in [0.05, 0.1) is 0 Å². The van der Waals surface area contributed by atoms with E-state index in [1.54, 1.807) is 0 Å². The van der Waals surface area contributed by atoms with Gasteiger partial charge < -0.3 is 5.73 Å². The third kappa shape index (κ3) is 2.62. The van der Waals surface area contributed by atoms with E-state index in [0.717, 1.165) is 19.5 Å². The van der Waals surface area contributed by atoms with Gasteiger partial charge in [0.1, 0.15) is 0 Å². The molecule has 0 radical (unpaired) electrons. The molecule has 0 spiro atoms. The third-order valence-electron chi connectivity index (χ3n) is 4.29. The van der Waals surface area contributed by atoms with Gasteiger partial charge in [0.15, 0.2) is 0 Å². The number of fused-ring (bicyclic) bond motifs is 1. The van der Waals surface area contributed by atoms with Crippen LogP contribution in [0.15, 0.2) is 48.5 Å². The summed E-state index contributed by atoms with van der Waals surface area (Å²) in [7, 11) is 0. The molecular weight excluding hydrogens is 244 g/mol. The van der Waals surface area contributed by atoms with Crippen molar-refractivity contribution in [3.05, 3.63) is 70.8 Å². The van der Waals surface area contributed by atoms with Gasteiger partial charge in [0, 0.05) is 25.7 Å². The van der Waals surface area contributed by atoms with E-state index in [9.17, 15) is 0 Å². The van der Waals surface area contributed by atoms with Crippen LogP contribution in [0.25, 0.3) is 0 Å². The highest BCUT2D eigenvalue weighted by atomic mass is 15.2. The molecule has 2 heteroatoms. The third-order valence-corrected chi connectivity index (χ3v) is 4.29. The summed E-state index contributed by atoms with van der Waals surface area (Å²) in [4.78, 5) is 2.51. The molecule has 1 atom stereocenters. The van der Waals surface area contributed by atoms with E-state index in [4.69, 9.17) is 5.73 Å². The fourth-order valence-electron chi connectivity index (χ4n) is 3.07. The molecule has 20 heavy (non-hydrogen) atoms. The molecule has 0 saturated carbocycles. The fourth-order valence-corrected chi connectivity index (χ4v) is 3.07. The van der Waals surface area contributed by atoms with Crippen LogP contribution in [0.2, 0.25) is 0 Å². The summed E-state index contributed by atoms with van der Waals surface area (Å²) in [5.74, 6) is 0. The van der Waals surface area contributed by atoms with Crippen LogP contribution in [-0.2, 0) is 13.0 Å². The molecule has 0 bridgehead atoms. The van der Waals surface area contributed by atoms with E-state index >= 15 is 0 Å². The lowest BCUT2D eigenvalue weighted by Gasteiger charge is -2.35. The predicted molar refractivity (Wildman–Crippen MR) is 83.5 cm³/mol. The van der Waals surface area contributed by atoms with Gasteiger partial charge in [-0.1, -0.05) is 54.1 Å². The topological polar surface area (TPSA) is 29.3 Å². The number of benzene rings is 2. The van der Waals surface area contributed by atoms with E-state index in [0.29, 0.717) is 12.6 Å². The first-order valence-corrected chi connectivity index (χ1v) is 7.35. The van der Waals surface area contributed by atoms with E-state index in [1.807, 2.05) is 0 Å². The van der Waals surface area contributed by atoms with Crippen molar-refractivity contribution in [1.82, 2.24) is 4.90 Å². The highest BCUT2D eigenvalue weighted by Crippen LogP contribution is 2.27. The second-order valence-electron chi connectivity index (χ2n) is 5.65. The number of hydrogen-bond acceptors (Lipinski definition) is 2. The molecule has 1 aliphatic rings. The lowest BCUT2D eigenvalue weighted by molar-refractivity contribution is 0.183. The van der Waals surface area contributed by atoms with E-state index in [-0.39, 0.29) is 0 Å². The summed E-state index contributed by atoms with van der Waals surface area (Å²) in [6.07, 6.45) is 1.12. The maximum absolute atomic E-state index is 6.05. The average molecular weight is 266 g/mol. The second-order valence-corrected chi connectivity index (χ2v) is 5.65. The molecule has 1 heterocycles. The molecule has 104 valence electrons. The summed E-state index contributed by atoms with van der Waals surface area (Å²) < 4.78 is 0. The summed E-state index contributed by atoms with van der Waals surface area (Å²) in [5.41, 5.74) is 11.6. The maximum atomic E-state index is 6.05. The van der Waals surface area contributed by atoms with E-state index < -0.39 is 0 Å². The Morgan fingerprint density at radius 3 is 2.45 bits per heavy atom. The minimum atomic E-state index is 0.323. The average Bonchev–Trinajstić information content (AvgIpc) is 2.50. The van der Waals surface area contributed by atoms with Crippen LogP contribution in [0.4, 0.5) is 0 Å². The minimum absolute atomic E-state index is 0.323. The quantitative estimate of drug-likeness (QED) is 0.925. The first kappa shape index (κ1) is 13.3. The second kappa shape index (κ2) is 5.78. The van der Waals surface area contributed by atoms with Crippen molar-refractivity contribution < 1.29 is 0 Å². The maximum Gasteiger partial charge on any atom is 0.0474 e. The van der Waals surface area contributed by atoms with Crippen LogP contribution < -0.4 is 5.73 Å². The standard InChI is InChI=1S/C18H22N2/c1-14-6-8-16(9-7-14)18(12-19)20-11-10-15-4-2-3-5-17(15)13-20/h2-9,18H,10-13,19H2,1H3. The first-order valence-electron chi connectivity index (χ1n) is 7.35. The van der Waals surface area contributed by atoms with Crippen LogP contribution in [0.5, 0.6) is 0 Å². The Morgan fingerprint density at radius 1 is 1.05 bits per heavy atom.